The lowest BCUT2D eigenvalue weighted by atomic mass is 10.0. The molecule has 0 aliphatic heterocycles. The first-order valence-corrected chi connectivity index (χ1v) is 11.1. The Morgan fingerprint density at radius 1 is 0.933 bits per heavy atom. The van der Waals surface area contributed by atoms with E-state index in [9.17, 15) is 4.79 Å². The van der Waals surface area contributed by atoms with Crippen molar-refractivity contribution in [3.05, 3.63) is 60.2 Å². The zero-order valence-electron chi connectivity index (χ0n) is 18.1. The van der Waals surface area contributed by atoms with E-state index in [1.807, 2.05) is 54.6 Å². The van der Waals surface area contributed by atoms with Crippen LogP contribution in [0.1, 0.15) is 62.2 Å². The molecule has 0 spiro atoms. The number of amides is 1. The number of hydrogen-bond acceptors (Lipinski definition) is 3. The summed E-state index contributed by atoms with van der Waals surface area (Å²) in [6, 6.07) is 17.5. The molecule has 0 fully saturated rings. The number of carbonyl (C=O) groups excluding carboxylic acids is 1. The lowest BCUT2D eigenvalue weighted by molar-refractivity contribution is 0.0954. The van der Waals surface area contributed by atoms with E-state index in [1.165, 1.54) is 32.1 Å². The van der Waals surface area contributed by atoms with Crippen LogP contribution in [0.25, 0.3) is 22.2 Å². The van der Waals surface area contributed by atoms with E-state index in [-0.39, 0.29) is 5.91 Å². The van der Waals surface area contributed by atoms with Gasteiger partial charge in [-0.3, -0.25) is 4.79 Å². The van der Waals surface area contributed by atoms with Gasteiger partial charge in [-0.2, -0.15) is 0 Å². The first-order valence-electron chi connectivity index (χ1n) is 11.1. The number of fused-ring (bicyclic) bond motifs is 1. The Bertz CT molecular complexity index is 951. The van der Waals surface area contributed by atoms with Crippen LogP contribution in [-0.2, 0) is 0 Å². The molecule has 1 amide bonds. The average molecular weight is 405 g/mol. The minimum absolute atomic E-state index is 0.0330. The molecule has 4 nitrogen and oxygen atoms in total. The summed E-state index contributed by atoms with van der Waals surface area (Å²) in [5.74, 6) is 0.765. The van der Waals surface area contributed by atoms with E-state index in [2.05, 4.69) is 12.2 Å². The van der Waals surface area contributed by atoms with Crippen molar-refractivity contribution in [2.45, 2.75) is 51.9 Å². The van der Waals surface area contributed by atoms with Gasteiger partial charge in [0.15, 0.2) is 0 Å². The molecular weight excluding hydrogens is 372 g/mol. The summed E-state index contributed by atoms with van der Waals surface area (Å²) < 4.78 is 5.24. The van der Waals surface area contributed by atoms with Crippen molar-refractivity contribution in [1.82, 2.24) is 10.3 Å². The van der Waals surface area contributed by atoms with Crippen LogP contribution in [0.5, 0.6) is 5.75 Å². The van der Waals surface area contributed by atoms with Crippen LogP contribution in [0.3, 0.4) is 0 Å². The highest BCUT2D eigenvalue weighted by Crippen LogP contribution is 2.26. The number of nitrogens with one attached hydrogen (secondary N) is 1. The number of aromatic nitrogens is 1. The number of rotatable bonds is 11. The largest absolute Gasteiger partial charge is 0.497 e. The molecule has 2 aromatic carbocycles. The smallest absolute Gasteiger partial charge is 0.252 e. The second kappa shape index (κ2) is 11.3. The first-order chi connectivity index (χ1) is 14.7. The topological polar surface area (TPSA) is 51.2 Å². The molecule has 0 saturated heterocycles. The van der Waals surface area contributed by atoms with Gasteiger partial charge in [0.25, 0.3) is 5.91 Å². The van der Waals surface area contributed by atoms with Crippen LogP contribution in [0.2, 0.25) is 0 Å². The van der Waals surface area contributed by atoms with Crippen LogP contribution >= 0.6 is 0 Å². The summed E-state index contributed by atoms with van der Waals surface area (Å²) in [5.41, 5.74) is 3.25. The lowest BCUT2D eigenvalue weighted by Gasteiger charge is -2.11. The molecule has 0 aliphatic rings. The van der Waals surface area contributed by atoms with E-state index in [0.717, 1.165) is 40.8 Å². The van der Waals surface area contributed by atoms with E-state index >= 15 is 0 Å². The van der Waals surface area contributed by atoms with Crippen molar-refractivity contribution in [2.75, 3.05) is 13.7 Å². The highest BCUT2D eigenvalue weighted by atomic mass is 16.5. The molecule has 0 unspecified atom stereocenters. The highest BCUT2D eigenvalue weighted by molar-refractivity contribution is 6.07. The van der Waals surface area contributed by atoms with Crippen LogP contribution in [0, 0.1) is 0 Å². The van der Waals surface area contributed by atoms with Gasteiger partial charge in [0.2, 0.25) is 0 Å². The molecule has 0 bridgehead atoms. The standard InChI is InChI=1S/C26H32N2O2/c1-3-4-5-6-7-8-11-18-27-26(29)23-19-25(20-14-16-21(30-2)17-15-20)28-24-13-10-9-12-22(23)24/h9-10,12-17,19H,3-8,11,18H2,1-2H3,(H,27,29). The van der Waals surface area contributed by atoms with Gasteiger partial charge in [0.05, 0.1) is 23.9 Å². The SMILES string of the molecule is CCCCCCCCCNC(=O)c1cc(-c2ccc(OC)cc2)nc2ccccc12. The van der Waals surface area contributed by atoms with Gasteiger partial charge in [-0.15, -0.1) is 0 Å². The maximum Gasteiger partial charge on any atom is 0.252 e. The molecule has 158 valence electrons. The predicted octanol–water partition coefficient (Wildman–Crippen LogP) is 6.39. The van der Waals surface area contributed by atoms with Crippen LogP contribution in [0.4, 0.5) is 0 Å². The third-order valence-corrected chi connectivity index (χ3v) is 5.41. The molecule has 0 aliphatic carbocycles. The van der Waals surface area contributed by atoms with Crippen molar-refractivity contribution >= 4 is 16.8 Å². The summed E-state index contributed by atoms with van der Waals surface area (Å²) in [4.78, 5) is 17.7. The third-order valence-electron chi connectivity index (χ3n) is 5.41. The van der Waals surface area contributed by atoms with Crippen molar-refractivity contribution in [3.63, 3.8) is 0 Å². The maximum absolute atomic E-state index is 13.0. The minimum Gasteiger partial charge on any atom is -0.497 e. The first kappa shape index (κ1) is 21.8. The third kappa shape index (κ3) is 5.82. The van der Waals surface area contributed by atoms with E-state index in [1.54, 1.807) is 7.11 Å². The minimum atomic E-state index is -0.0330. The fourth-order valence-electron chi connectivity index (χ4n) is 3.65. The number of ether oxygens (including phenoxy) is 1. The van der Waals surface area contributed by atoms with Crippen molar-refractivity contribution in [2.24, 2.45) is 0 Å². The molecule has 1 aromatic heterocycles. The van der Waals surface area contributed by atoms with Gasteiger partial charge >= 0.3 is 0 Å². The number of benzene rings is 2. The molecule has 3 aromatic rings. The van der Waals surface area contributed by atoms with Crippen molar-refractivity contribution in [1.29, 1.82) is 0 Å². The Balaban J connectivity index is 1.70. The zero-order valence-corrected chi connectivity index (χ0v) is 18.1. The summed E-state index contributed by atoms with van der Waals surface area (Å²) in [6.45, 7) is 2.94. The van der Waals surface area contributed by atoms with E-state index < -0.39 is 0 Å². The quantitative estimate of drug-likeness (QED) is 0.377. The molecule has 1 N–H and O–H groups in total. The number of nitrogens with zero attached hydrogens (tertiary/aromatic N) is 1. The van der Waals surface area contributed by atoms with E-state index in [4.69, 9.17) is 9.72 Å². The Morgan fingerprint density at radius 3 is 2.37 bits per heavy atom. The van der Waals surface area contributed by atoms with Gasteiger partial charge in [-0.25, -0.2) is 4.98 Å². The number of hydrogen-bond donors (Lipinski definition) is 1. The van der Waals surface area contributed by atoms with Gasteiger partial charge < -0.3 is 10.1 Å². The zero-order chi connectivity index (χ0) is 21.2. The van der Waals surface area contributed by atoms with Crippen LogP contribution < -0.4 is 10.1 Å². The highest BCUT2D eigenvalue weighted by Gasteiger charge is 2.13. The molecule has 1 heterocycles. The van der Waals surface area contributed by atoms with E-state index in [0.29, 0.717) is 12.1 Å². The molecule has 3 rings (SSSR count). The number of carbonyl (C=O) groups is 1. The second-order valence-corrected chi connectivity index (χ2v) is 7.68. The lowest BCUT2D eigenvalue weighted by Crippen LogP contribution is -2.24. The van der Waals surface area contributed by atoms with Gasteiger partial charge in [0.1, 0.15) is 5.75 Å². The van der Waals surface area contributed by atoms with Crippen molar-refractivity contribution in [3.8, 4) is 17.0 Å². The summed E-state index contributed by atoms with van der Waals surface area (Å²) in [5, 5.41) is 3.98. The predicted molar refractivity (Wildman–Crippen MR) is 124 cm³/mol. The van der Waals surface area contributed by atoms with Gasteiger partial charge in [0, 0.05) is 17.5 Å². The number of methoxy groups -OCH3 is 1. The maximum atomic E-state index is 13.0. The average Bonchev–Trinajstić information content (AvgIpc) is 2.80. The van der Waals surface area contributed by atoms with Crippen molar-refractivity contribution < 1.29 is 9.53 Å². The molecule has 0 saturated carbocycles. The fourth-order valence-corrected chi connectivity index (χ4v) is 3.65. The van der Waals surface area contributed by atoms with Crippen LogP contribution in [0.15, 0.2) is 54.6 Å². The summed E-state index contributed by atoms with van der Waals surface area (Å²) in [6.07, 6.45) is 8.64. The summed E-state index contributed by atoms with van der Waals surface area (Å²) in [7, 11) is 1.65. The number of unbranched alkanes of at least 4 members (excludes halogenated alkanes) is 6. The normalized spacial score (nSPS) is 10.9. The fraction of sp³-hybridized carbons (Fsp3) is 0.385. The monoisotopic (exact) mass is 404 g/mol. The van der Waals surface area contributed by atoms with Crippen LogP contribution in [-0.4, -0.2) is 24.5 Å². The number of pyridine rings is 1. The van der Waals surface area contributed by atoms with Gasteiger partial charge in [-0.05, 0) is 42.8 Å². The Kier molecular flexibility index (Phi) is 8.25. The molecule has 30 heavy (non-hydrogen) atoms. The Labute approximate surface area is 179 Å². The summed E-state index contributed by atoms with van der Waals surface area (Å²) >= 11 is 0. The molecular formula is C26H32N2O2. The molecule has 0 radical (unpaired) electrons. The molecule has 4 heteroatoms. The Hall–Kier alpha value is -2.88. The molecule has 0 atom stereocenters. The second-order valence-electron chi connectivity index (χ2n) is 7.68. The van der Waals surface area contributed by atoms with Gasteiger partial charge in [-0.1, -0.05) is 63.6 Å². The Morgan fingerprint density at radius 2 is 1.63 bits per heavy atom. The number of para-hydroxylation sites is 1.